The highest BCUT2D eigenvalue weighted by Crippen LogP contribution is 2.27. The summed E-state index contributed by atoms with van der Waals surface area (Å²) in [4.78, 5) is 29.9. The Kier molecular flexibility index (Phi) is 5.02. The summed E-state index contributed by atoms with van der Waals surface area (Å²) in [5.74, 6) is -1.50. The molecule has 1 fully saturated rings. The molecule has 1 amide bonds. The van der Waals surface area contributed by atoms with E-state index in [-0.39, 0.29) is 12.8 Å². The summed E-state index contributed by atoms with van der Waals surface area (Å²) in [7, 11) is 0. The number of fused-ring (bicyclic) bond motifs is 1. The van der Waals surface area contributed by atoms with E-state index in [4.69, 9.17) is 9.72 Å². The Morgan fingerprint density at radius 3 is 2.62 bits per heavy atom. The minimum Gasteiger partial charge on any atom is -0.480 e. The van der Waals surface area contributed by atoms with Crippen LogP contribution in [0, 0.1) is 0 Å². The van der Waals surface area contributed by atoms with Crippen molar-refractivity contribution in [2.24, 2.45) is 0 Å². The Morgan fingerprint density at radius 2 is 1.97 bits per heavy atom. The fourth-order valence-corrected chi connectivity index (χ4v) is 3.62. The molecule has 150 valence electrons. The normalized spacial score (nSPS) is 15.9. The lowest BCUT2D eigenvalue weighted by Crippen LogP contribution is -2.57. The summed E-state index contributed by atoms with van der Waals surface area (Å²) in [5, 5.41) is 17.5. The summed E-state index contributed by atoms with van der Waals surface area (Å²) in [6.45, 7) is 3.14. The Labute approximate surface area is 167 Å². The van der Waals surface area contributed by atoms with Gasteiger partial charge in [-0.25, -0.2) is 14.5 Å². The van der Waals surface area contributed by atoms with Crippen molar-refractivity contribution in [1.29, 1.82) is 0 Å². The quantitative estimate of drug-likeness (QED) is 0.689. The molecule has 3 heterocycles. The molecule has 0 radical (unpaired) electrons. The van der Waals surface area contributed by atoms with Crippen LogP contribution in [0.3, 0.4) is 0 Å². The lowest BCUT2D eigenvalue weighted by Gasteiger charge is -2.33. The summed E-state index contributed by atoms with van der Waals surface area (Å²) in [6.07, 6.45) is 2.05. The van der Waals surface area contributed by atoms with Crippen LogP contribution in [0.4, 0.5) is 0 Å². The standard InChI is InChI=1S/C21H22N4O4/c1-2-25-18-16(13-22-25)15(12-17(23-18)14-6-4-3-5-7-14)19(26)24-21(20(27)28)8-10-29-11-9-21/h3-7,12-13H,2,8-11H2,1H3,(H,24,26)(H,27,28). The van der Waals surface area contributed by atoms with Crippen molar-refractivity contribution in [2.75, 3.05) is 13.2 Å². The van der Waals surface area contributed by atoms with Crippen LogP contribution in [-0.2, 0) is 16.1 Å². The molecule has 1 aliphatic rings. The van der Waals surface area contributed by atoms with Crippen LogP contribution < -0.4 is 5.32 Å². The number of ether oxygens (including phenoxy) is 1. The highest BCUT2D eigenvalue weighted by Gasteiger charge is 2.42. The van der Waals surface area contributed by atoms with Crippen LogP contribution in [0.2, 0.25) is 0 Å². The SMILES string of the molecule is CCn1ncc2c(C(=O)NC3(C(=O)O)CCOCC3)cc(-c3ccccc3)nc21. The highest BCUT2D eigenvalue weighted by molar-refractivity contribution is 6.08. The second-order valence-electron chi connectivity index (χ2n) is 7.07. The molecule has 2 aromatic heterocycles. The topological polar surface area (TPSA) is 106 Å². The summed E-state index contributed by atoms with van der Waals surface area (Å²) in [6, 6.07) is 11.2. The van der Waals surface area contributed by atoms with Gasteiger partial charge < -0.3 is 15.2 Å². The number of hydrogen-bond donors (Lipinski definition) is 2. The Bertz CT molecular complexity index is 1060. The van der Waals surface area contributed by atoms with Crippen molar-refractivity contribution in [3.05, 3.63) is 48.2 Å². The summed E-state index contributed by atoms with van der Waals surface area (Å²) >= 11 is 0. The average molecular weight is 394 g/mol. The van der Waals surface area contributed by atoms with Crippen molar-refractivity contribution in [3.8, 4) is 11.3 Å². The van der Waals surface area contributed by atoms with Crippen molar-refractivity contribution in [3.63, 3.8) is 0 Å². The first-order valence-corrected chi connectivity index (χ1v) is 9.60. The zero-order valence-electron chi connectivity index (χ0n) is 16.1. The summed E-state index contributed by atoms with van der Waals surface area (Å²) < 4.78 is 7.01. The van der Waals surface area contributed by atoms with Gasteiger partial charge in [0.15, 0.2) is 5.65 Å². The molecule has 0 bridgehead atoms. The van der Waals surface area contributed by atoms with E-state index in [9.17, 15) is 14.7 Å². The number of carboxylic acid groups (broad SMARTS) is 1. The van der Waals surface area contributed by atoms with E-state index in [1.165, 1.54) is 0 Å². The molecule has 0 saturated carbocycles. The minimum absolute atomic E-state index is 0.224. The van der Waals surface area contributed by atoms with Crippen LogP contribution in [-0.4, -0.2) is 50.5 Å². The van der Waals surface area contributed by atoms with Gasteiger partial charge in [-0.2, -0.15) is 5.10 Å². The number of carbonyl (C=O) groups excluding carboxylic acids is 1. The van der Waals surface area contributed by atoms with Gasteiger partial charge in [-0.15, -0.1) is 0 Å². The van der Waals surface area contributed by atoms with Crippen molar-refractivity contribution >= 4 is 22.9 Å². The highest BCUT2D eigenvalue weighted by atomic mass is 16.5. The number of aliphatic carboxylic acids is 1. The predicted octanol–water partition coefficient (Wildman–Crippen LogP) is 2.48. The third-order valence-electron chi connectivity index (χ3n) is 5.33. The van der Waals surface area contributed by atoms with Crippen LogP contribution >= 0.6 is 0 Å². The first-order valence-electron chi connectivity index (χ1n) is 9.60. The molecule has 4 rings (SSSR count). The lowest BCUT2D eigenvalue weighted by atomic mass is 9.89. The van der Waals surface area contributed by atoms with Gasteiger partial charge in [0, 0.05) is 38.2 Å². The number of rotatable bonds is 5. The first-order chi connectivity index (χ1) is 14.0. The maximum Gasteiger partial charge on any atom is 0.329 e. The van der Waals surface area contributed by atoms with Crippen LogP contribution in [0.15, 0.2) is 42.6 Å². The Hall–Kier alpha value is -3.26. The van der Waals surface area contributed by atoms with E-state index < -0.39 is 17.4 Å². The zero-order valence-corrected chi connectivity index (χ0v) is 16.1. The van der Waals surface area contributed by atoms with Crippen molar-refractivity contribution in [2.45, 2.75) is 31.8 Å². The van der Waals surface area contributed by atoms with Gasteiger partial charge in [-0.3, -0.25) is 4.79 Å². The number of carboxylic acids is 1. The molecule has 8 nitrogen and oxygen atoms in total. The maximum absolute atomic E-state index is 13.2. The molecule has 0 unspecified atom stereocenters. The van der Waals surface area contributed by atoms with Gasteiger partial charge in [0.2, 0.25) is 0 Å². The number of amides is 1. The summed E-state index contributed by atoms with van der Waals surface area (Å²) in [5.41, 5.74) is 1.12. The average Bonchev–Trinajstić information content (AvgIpc) is 3.17. The smallest absolute Gasteiger partial charge is 0.329 e. The molecular weight excluding hydrogens is 372 g/mol. The predicted molar refractivity (Wildman–Crippen MR) is 107 cm³/mol. The molecule has 29 heavy (non-hydrogen) atoms. The first kappa shape index (κ1) is 19.1. The van der Waals surface area contributed by atoms with Gasteiger partial charge in [0.1, 0.15) is 5.54 Å². The second kappa shape index (κ2) is 7.63. The molecule has 0 spiro atoms. The maximum atomic E-state index is 13.2. The van der Waals surface area contributed by atoms with Crippen molar-refractivity contribution < 1.29 is 19.4 Å². The van der Waals surface area contributed by atoms with Gasteiger partial charge in [0.25, 0.3) is 5.91 Å². The molecule has 0 aliphatic carbocycles. The van der Waals surface area contributed by atoms with E-state index in [0.717, 1.165) is 5.56 Å². The minimum atomic E-state index is -1.33. The number of benzene rings is 1. The molecule has 1 aromatic carbocycles. The molecule has 1 aliphatic heterocycles. The molecule has 0 atom stereocenters. The van der Waals surface area contributed by atoms with E-state index >= 15 is 0 Å². The fraction of sp³-hybridized carbons (Fsp3) is 0.333. The lowest BCUT2D eigenvalue weighted by molar-refractivity contribution is -0.148. The zero-order chi connectivity index (χ0) is 20.4. The number of carbonyl (C=O) groups is 2. The van der Waals surface area contributed by atoms with E-state index in [2.05, 4.69) is 10.4 Å². The van der Waals surface area contributed by atoms with Gasteiger partial charge in [-0.1, -0.05) is 30.3 Å². The van der Waals surface area contributed by atoms with E-state index in [1.54, 1.807) is 16.9 Å². The Balaban J connectivity index is 1.80. The molecule has 2 N–H and O–H groups in total. The Morgan fingerprint density at radius 1 is 1.24 bits per heavy atom. The number of aromatic nitrogens is 3. The van der Waals surface area contributed by atoms with Crippen LogP contribution in [0.25, 0.3) is 22.3 Å². The van der Waals surface area contributed by atoms with Gasteiger partial charge >= 0.3 is 5.97 Å². The number of nitrogens with zero attached hydrogens (tertiary/aromatic N) is 3. The van der Waals surface area contributed by atoms with E-state index in [0.29, 0.717) is 42.0 Å². The van der Waals surface area contributed by atoms with Crippen LogP contribution in [0.1, 0.15) is 30.1 Å². The van der Waals surface area contributed by atoms with Gasteiger partial charge in [0.05, 0.1) is 22.8 Å². The third kappa shape index (κ3) is 3.47. The molecular formula is C21H22N4O4. The largest absolute Gasteiger partial charge is 0.480 e. The fourth-order valence-electron chi connectivity index (χ4n) is 3.62. The van der Waals surface area contributed by atoms with Crippen molar-refractivity contribution in [1.82, 2.24) is 20.1 Å². The van der Waals surface area contributed by atoms with Crippen LogP contribution in [0.5, 0.6) is 0 Å². The molecule has 1 saturated heterocycles. The molecule has 3 aromatic rings. The number of pyridine rings is 1. The third-order valence-corrected chi connectivity index (χ3v) is 5.33. The number of nitrogens with one attached hydrogen (secondary N) is 1. The number of aryl methyl sites for hydroxylation is 1. The van der Waals surface area contributed by atoms with Gasteiger partial charge in [-0.05, 0) is 13.0 Å². The van der Waals surface area contributed by atoms with E-state index in [1.807, 2.05) is 37.3 Å². The molecule has 8 heteroatoms. The second-order valence-corrected chi connectivity index (χ2v) is 7.07. The number of hydrogen-bond acceptors (Lipinski definition) is 5. The monoisotopic (exact) mass is 394 g/mol.